The molecule has 0 radical (unpaired) electrons. The number of esters is 1. The second-order valence-corrected chi connectivity index (χ2v) is 8.67. The molecule has 28 heavy (non-hydrogen) atoms. The minimum atomic E-state index is -1.80. The van der Waals surface area contributed by atoms with Crippen LogP contribution in [0.4, 0.5) is 0 Å². The maximum Gasteiger partial charge on any atom is 0.336 e. The standard InChI is InChI=1S/C20H17IN3O4/c1-4-9-24-11(2)14(16(26)27-3)19-15(25)12-7-5-6-8-13(12)20(19,24)28-17(23)18(19,21)10-22/h5-8H,4,9H2,1-3H3/q-1/t18?,19-,20-/m1/s1. The number of benzene rings is 1. The third kappa shape index (κ3) is 1.64. The summed E-state index contributed by atoms with van der Waals surface area (Å²) in [6.45, 7) is 4.14. The minimum Gasteiger partial charge on any atom is -0.773 e. The zero-order chi connectivity index (χ0) is 20.5. The van der Waals surface area contributed by atoms with Gasteiger partial charge in [-0.25, -0.2) is 4.79 Å². The van der Waals surface area contributed by atoms with Gasteiger partial charge in [-0.15, -0.1) is 0 Å². The molecular formula is C20H17IN3O4-. The Bertz CT molecular complexity index is 1030. The van der Waals surface area contributed by atoms with E-state index in [1.165, 1.54) is 7.11 Å². The second kappa shape index (κ2) is 5.80. The summed E-state index contributed by atoms with van der Waals surface area (Å²) in [5.41, 5.74) is -1.79. The molecule has 0 aromatic heterocycles. The highest BCUT2D eigenvalue weighted by molar-refractivity contribution is 14.1. The van der Waals surface area contributed by atoms with E-state index in [4.69, 9.17) is 9.47 Å². The van der Waals surface area contributed by atoms with Gasteiger partial charge in [0.05, 0.1) is 18.8 Å². The summed E-state index contributed by atoms with van der Waals surface area (Å²) in [4.78, 5) is 28.6. The van der Waals surface area contributed by atoms with Crippen LogP contribution in [-0.4, -0.2) is 39.6 Å². The van der Waals surface area contributed by atoms with Gasteiger partial charge in [-0.1, -0.05) is 53.8 Å². The summed E-state index contributed by atoms with van der Waals surface area (Å²) >= 11 is 1.74. The van der Waals surface area contributed by atoms with Crippen molar-refractivity contribution in [2.24, 2.45) is 5.41 Å². The van der Waals surface area contributed by atoms with E-state index < -0.39 is 32.2 Å². The predicted molar refractivity (Wildman–Crippen MR) is 108 cm³/mol. The molecule has 1 aromatic carbocycles. The van der Waals surface area contributed by atoms with Crippen LogP contribution < -0.4 is 0 Å². The van der Waals surface area contributed by atoms with Crippen molar-refractivity contribution in [1.29, 1.82) is 5.26 Å². The molecule has 0 amide bonds. The quantitative estimate of drug-likeness (QED) is 0.367. The molecule has 3 aliphatic rings. The second-order valence-electron chi connectivity index (χ2n) is 7.05. The SMILES string of the molecule is CCCN1C(C)=C(C(=O)OC)[C@]23C(=O)c4ccccc4[C@]12OC(=[N-])C3(I)C#N. The molecule has 8 heteroatoms. The van der Waals surface area contributed by atoms with Crippen molar-refractivity contribution in [2.45, 2.75) is 29.4 Å². The molecule has 1 unspecified atom stereocenters. The smallest absolute Gasteiger partial charge is 0.336 e. The molecule has 2 heterocycles. The van der Waals surface area contributed by atoms with Crippen molar-refractivity contribution < 1.29 is 19.1 Å². The number of Topliss-reactive ketones (excluding diaryl/α,β-unsaturated/α-hetero) is 1. The zero-order valence-corrected chi connectivity index (χ0v) is 17.7. The molecule has 0 bridgehead atoms. The van der Waals surface area contributed by atoms with Gasteiger partial charge in [-0.2, -0.15) is 5.26 Å². The van der Waals surface area contributed by atoms with E-state index in [9.17, 15) is 20.3 Å². The summed E-state index contributed by atoms with van der Waals surface area (Å²) < 4.78 is 9.28. The molecule has 0 spiro atoms. The lowest BCUT2D eigenvalue weighted by Gasteiger charge is -2.42. The van der Waals surface area contributed by atoms with Gasteiger partial charge >= 0.3 is 5.97 Å². The molecule has 144 valence electrons. The number of carbonyl (C=O) groups excluding carboxylic acids is 2. The van der Waals surface area contributed by atoms with Crippen LogP contribution in [0.1, 0.15) is 36.2 Å². The van der Waals surface area contributed by atoms with Crippen LogP contribution >= 0.6 is 22.6 Å². The molecule has 1 aromatic rings. The number of hydrogen-bond donors (Lipinski definition) is 0. The highest BCUT2D eigenvalue weighted by Crippen LogP contribution is 2.73. The number of nitriles is 1. The fourth-order valence-electron chi connectivity index (χ4n) is 5.01. The average molecular weight is 490 g/mol. The lowest BCUT2D eigenvalue weighted by atomic mass is 9.66. The normalized spacial score (nSPS) is 32.6. The van der Waals surface area contributed by atoms with Gasteiger partial charge in [0, 0.05) is 29.3 Å². The lowest BCUT2D eigenvalue weighted by Crippen LogP contribution is -2.57. The van der Waals surface area contributed by atoms with E-state index in [2.05, 4.69) is 6.07 Å². The highest BCUT2D eigenvalue weighted by atomic mass is 127. The number of ether oxygens (including phenoxy) is 2. The van der Waals surface area contributed by atoms with E-state index in [-0.39, 0.29) is 5.57 Å². The summed E-state index contributed by atoms with van der Waals surface area (Å²) in [5.74, 6) is -1.72. The van der Waals surface area contributed by atoms with Crippen LogP contribution in [0.3, 0.4) is 0 Å². The number of nitrogens with zero attached hydrogens (tertiary/aromatic N) is 3. The number of alkyl halides is 1. The summed E-state index contributed by atoms with van der Waals surface area (Å²) in [6, 6.07) is 8.97. The van der Waals surface area contributed by atoms with Gasteiger partial charge in [0.2, 0.25) is 5.72 Å². The number of carbonyl (C=O) groups is 2. The minimum absolute atomic E-state index is 0.0599. The van der Waals surface area contributed by atoms with Crippen molar-refractivity contribution in [3.63, 3.8) is 0 Å². The van der Waals surface area contributed by atoms with E-state index in [0.29, 0.717) is 29.8 Å². The Morgan fingerprint density at radius 3 is 2.71 bits per heavy atom. The predicted octanol–water partition coefficient (Wildman–Crippen LogP) is 2.89. The first kappa shape index (κ1) is 18.9. The first-order chi connectivity index (χ1) is 13.3. The van der Waals surface area contributed by atoms with Crippen LogP contribution in [-0.2, 0) is 20.0 Å². The van der Waals surface area contributed by atoms with Gasteiger partial charge in [-0.3, -0.25) is 4.79 Å². The number of rotatable bonds is 3. The fourth-order valence-corrected chi connectivity index (χ4v) is 6.00. The largest absolute Gasteiger partial charge is 0.773 e. The Morgan fingerprint density at radius 1 is 1.43 bits per heavy atom. The van der Waals surface area contributed by atoms with Crippen molar-refractivity contribution in [3.05, 3.63) is 52.1 Å². The number of methoxy groups -OCH3 is 1. The molecule has 3 atom stereocenters. The van der Waals surface area contributed by atoms with Crippen molar-refractivity contribution >= 4 is 40.2 Å². The third-order valence-electron chi connectivity index (χ3n) is 5.95. The zero-order valence-electron chi connectivity index (χ0n) is 15.6. The van der Waals surface area contributed by atoms with Crippen LogP contribution in [0.25, 0.3) is 5.41 Å². The summed E-state index contributed by atoms with van der Waals surface area (Å²) in [6.07, 6.45) is 0.699. The lowest BCUT2D eigenvalue weighted by molar-refractivity contribution is -0.139. The number of hydrogen-bond acceptors (Lipinski definition) is 6. The number of fused-ring (bicyclic) bond motifs is 1. The molecule has 1 aliphatic carbocycles. The number of halogens is 1. The average Bonchev–Trinajstić information content (AvgIpc) is 3.14. The third-order valence-corrected chi connectivity index (χ3v) is 7.47. The van der Waals surface area contributed by atoms with Crippen molar-refractivity contribution in [1.82, 2.24) is 4.90 Å². The summed E-state index contributed by atoms with van der Waals surface area (Å²) in [5, 5.41) is 20.8. The number of ketones is 1. The summed E-state index contributed by atoms with van der Waals surface area (Å²) in [7, 11) is 1.23. The van der Waals surface area contributed by atoms with E-state index in [1.54, 1.807) is 53.8 Å². The monoisotopic (exact) mass is 490 g/mol. The van der Waals surface area contributed by atoms with E-state index >= 15 is 0 Å². The van der Waals surface area contributed by atoms with Crippen LogP contribution in [0.15, 0.2) is 35.5 Å². The van der Waals surface area contributed by atoms with E-state index in [0.717, 1.165) is 0 Å². The van der Waals surface area contributed by atoms with Gasteiger partial charge in [0.1, 0.15) is 0 Å². The molecule has 2 aliphatic heterocycles. The topological polar surface area (TPSA) is 102 Å². The fraction of sp³-hybridized carbons (Fsp3) is 0.400. The first-order valence-corrected chi connectivity index (χ1v) is 9.94. The van der Waals surface area contributed by atoms with Crippen molar-refractivity contribution in [2.75, 3.05) is 13.7 Å². The maximum absolute atomic E-state index is 13.9. The molecular weight excluding hydrogens is 473 g/mol. The van der Waals surface area contributed by atoms with Gasteiger partial charge in [0.25, 0.3) is 0 Å². The van der Waals surface area contributed by atoms with Crippen LogP contribution in [0, 0.1) is 16.7 Å². The maximum atomic E-state index is 13.9. The highest BCUT2D eigenvalue weighted by Gasteiger charge is 2.85. The Kier molecular flexibility index (Phi) is 3.92. The Hall–Kier alpha value is -2.41. The molecule has 1 saturated heterocycles. The molecule has 7 nitrogen and oxygen atoms in total. The molecule has 0 N–H and O–H groups in total. The van der Waals surface area contributed by atoms with E-state index in [1.807, 2.05) is 11.8 Å². The first-order valence-electron chi connectivity index (χ1n) is 8.86. The van der Waals surface area contributed by atoms with Gasteiger partial charge in [-0.05, 0) is 13.3 Å². The Balaban J connectivity index is 2.21. The van der Waals surface area contributed by atoms with Gasteiger partial charge < -0.3 is 19.8 Å². The van der Waals surface area contributed by atoms with Gasteiger partial charge in [0.15, 0.2) is 14.6 Å². The molecule has 0 saturated carbocycles. The van der Waals surface area contributed by atoms with Crippen molar-refractivity contribution in [3.8, 4) is 6.07 Å². The van der Waals surface area contributed by atoms with Crippen LogP contribution in [0.5, 0.6) is 0 Å². The number of allylic oxidation sites excluding steroid dienone is 1. The Labute approximate surface area is 175 Å². The molecule has 1 fully saturated rings. The Morgan fingerprint density at radius 2 is 2.11 bits per heavy atom. The van der Waals surface area contributed by atoms with Crippen LogP contribution in [0.2, 0.25) is 0 Å². The molecule has 4 rings (SSSR count).